The van der Waals surface area contributed by atoms with E-state index in [1.165, 1.54) is 0 Å². The summed E-state index contributed by atoms with van der Waals surface area (Å²) in [4.78, 5) is 0. The van der Waals surface area contributed by atoms with Crippen molar-refractivity contribution in [1.29, 1.82) is 0 Å². The van der Waals surface area contributed by atoms with E-state index >= 15 is 0 Å². The summed E-state index contributed by atoms with van der Waals surface area (Å²) in [6, 6.07) is 0.613. The maximum Gasteiger partial charge on any atom is 0.0124 e. The van der Waals surface area contributed by atoms with Gasteiger partial charge in [0.25, 0.3) is 0 Å². The molecule has 1 unspecified atom stereocenters. The SMILES string of the molecule is C=CCC(NCC)C(C)C.CC. The van der Waals surface area contributed by atoms with Crippen molar-refractivity contribution in [2.45, 2.75) is 47.1 Å². The van der Waals surface area contributed by atoms with E-state index in [1.807, 2.05) is 19.9 Å². The van der Waals surface area contributed by atoms with Crippen molar-refractivity contribution in [2.24, 2.45) is 5.92 Å². The summed E-state index contributed by atoms with van der Waals surface area (Å²) < 4.78 is 0. The average molecular weight is 171 g/mol. The van der Waals surface area contributed by atoms with Crippen molar-refractivity contribution in [1.82, 2.24) is 5.32 Å². The molecule has 0 aliphatic heterocycles. The first-order valence-electron chi connectivity index (χ1n) is 5.06. The van der Waals surface area contributed by atoms with Gasteiger partial charge in [-0.25, -0.2) is 0 Å². The van der Waals surface area contributed by atoms with Gasteiger partial charge < -0.3 is 5.32 Å². The fraction of sp³-hybridized carbons (Fsp3) is 0.818. The molecule has 0 spiro atoms. The van der Waals surface area contributed by atoms with Crippen LogP contribution in [-0.4, -0.2) is 12.6 Å². The van der Waals surface area contributed by atoms with Gasteiger partial charge >= 0.3 is 0 Å². The van der Waals surface area contributed by atoms with Crippen LogP contribution in [0.3, 0.4) is 0 Å². The van der Waals surface area contributed by atoms with Crippen molar-refractivity contribution in [3.05, 3.63) is 12.7 Å². The van der Waals surface area contributed by atoms with Crippen LogP contribution in [0.1, 0.15) is 41.0 Å². The van der Waals surface area contributed by atoms with Gasteiger partial charge in [0.1, 0.15) is 0 Å². The lowest BCUT2D eigenvalue weighted by Crippen LogP contribution is -2.32. The van der Waals surface area contributed by atoms with Crippen LogP contribution in [0, 0.1) is 5.92 Å². The van der Waals surface area contributed by atoms with Crippen LogP contribution in [0.5, 0.6) is 0 Å². The Morgan fingerprint density at radius 1 is 1.33 bits per heavy atom. The van der Waals surface area contributed by atoms with Crippen molar-refractivity contribution in [3.63, 3.8) is 0 Å². The zero-order valence-electron chi connectivity index (χ0n) is 9.35. The summed E-state index contributed by atoms with van der Waals surface area (Å²) in [5.74, 6) is 0.706. The summed E-state index contributed by atoms with van der Waals surface area (Å²) in [7, 11) is 0. The van der Waals surface area contributed by atoms with Gasteiger partial charge in [0.2, 0.25) is 0 Å². The number of rotatable bonds is 5. The quantitative estimate of drug-likeness (QED) is 0.626. The molecule has 1 nitrogen and oxygen atoms in total. The minimum atomic E-state index is 0.613. The summed E-state index contributed by atoms with van der Waals surface area (Å²) in [5, 5.41) is 3.41. The molecule has 1 atom stereocenters. The largest absolute Gasteiger partial charge is 0.314 e. The first kappa shape index (κ1) is 14.2. The molecule has 0 saturated carbocycles. The molecule has 1 N–H and O–H groups in total. The molecule has 0 aromatic rings. The third kappa shape index (κ3) is 7.80. The highest BCUT2D eigenvalue weighted by molar-refractivity contribution is 4.79. The molecule has 12 heavy (non-hydrogen) atoms. The highest BCUT2D eigenvalue weighted by atomic mass is 14.9. The molecule has 74 valence electrons. The Morgan fingerprint density at radius 2 is 1.83 bits per heavy atom. The first-order chi connectivity index (χ1) is 5.72. The zero-order valence-corrected chi connectivity index (χ0v) is 9.35. The van der Waals surface area contributed by atoms with Crippen LogP contribution < -0.4 is 5.32 Å². The van der Waals surface area contributed by atoms with Gasteiger partial charge in [0.15, 0.2) is 0 Å². The molecule has 0 amide bonds. The molecule has 0 fully saturated rings. The standard InChI is InChI=1S/C9H19N.C2H6/c1-5-7-9(8(3)4)10-6-2;1-2/h5,8-10H,1,6-7H2,2-4H3;1-2H3. The molecule has 0 aromatic heterocycles. The van der Waals surface area contributed by atoms with Crippen molar-refractivity contribution in [3.8, 4) is 0 Å². The van der Waals surface area contributed by atoms with E-state index in [4.69, 9.17) is 0 Å². The van der Waals surface area contributed by atoms with Gasteiger partial charge in [-0.15, -0.1) is 6.58 Å². The van der Waals surface area contributed by atoms with E-state index in [-0.39, 0.29) is 0 Å². The number of hydrogen-bond donors (Lipinski definition) is 1. The van der Waals surface area contributed by atoms with E-state index in [1.54, 1.807) is 0 Å². The van der Waals surface area contributed by atoms with Crippen molar-refractivity contribution in [2.75, 3.05) is 6.54 Å². The van der Waals surface area contributed by atoms with E-state index in [9.17, 15) is 0 Å². The molecule has 0 bridgehead atoms. The van der Waals surface area contributed by atoms with E-state index in [2.05, 4.69) is 32.7 Å². The third-order valence-electron chi connectivity index (χ3n) is 1.69. The smallest absolute Gasteiger partial charge is 0.0124 e. The highest BCUT2D eigenvalue weighted by Gasteiger charge is 2.08. The second-order valence-electron chi connectivity index (χ2n) is 2.93. The van der Waals surface area contributed by atoms with Crippen LogP contribution in [0.15, 0.2) is 12.7 Å². The van der Waals surface area contributed by atoms with Gasteiger partial charge in [0, 0.05) is 6.04 Å². The lowest BCUT2D eigenvalue weighted by atomic mass is 10.0. The van der Waals surface area contributed by atoms with Crippen molar-refractivity contribution < 1.29 is 0 Å². The predicted molar refractivity (Wildman–Crippen MR) is 58.5 cm³/mol. The van der Waals surface area contributed by atoms with E-state index < -0.39 is 0 Å². The van der Waals surface area contributed by atoms with Gasteiger partial charge in [0.05, 0.1) is 0 Å². The third-order valence-corrected chi connectivity index (χ3v) is 1.69. The van der Waals surface area contributed by atoms with Gasteiger partial charge in [-0.1, -0.05) is 40.7 Å². The Kier molecular flexibility index (Phi) is 12.7. The van der Waals surface area contributed by atoms with Gasteiger partial charge in [-0.3, -0.25) is 0 Å². The molecule has 0 rings (SSSR count). The fourth-order valence-electron chi connectivity index (χ4n) is 1.03. The highest BCUT2D eigenvalue weighted by Crippen LogP contribution is 2.05. The topological polar surface area (TPSA) is 12.0 Å². The molecular weight excluding hydrogens is 146 g/mol. The Hall–Kier alpha value is -0.300. The van der Waals surface area contributed by atoms with Gasteiger partial charge in [-0.2, -0.15) is 0 Å². The van der Waals surface area contributed by atoms with Crippen LogP contribution in [0.2, 0.25) is 0 Å². The minimum absolute atomic E-state index is 0.613. The molecule has 1 heteroatoms. The maximum absolute atomic E-state index is 3.73. The molecule has 0 heterocycles. The molecule has 0 aromatic carbocycles. The second kappa shape index (κ2) is 10.7. The van der Waals surface area contributed by atoms with Crippen LogP contribution >= 0.6 is 0 Å². The minimum Gasteiger partial charge on any atom is -0.314 e. The molecule has 0 saturated heterocycles. The van der Waals surface area contributed by atoms with E-state index in [0.29, 0.717) is 12.0 Å². The Morgan fingerprint density at radius 3 is 2.08 bits per heavy atom. The zero-order chi connectivity index (χ0) is 9.98. The number of nitrogens with one attached hydrogen (secondary N) is 1. The second-order valence-corrected chi connectivity index (χ2v) is 2.93. The summed E-state index contributed by atoms with van der Waals surface area (Å²) in [6.07, 6.45) is 3.05. The lowest BCUT2D eigenvalue weighted by Gasteiger charge is -2.19. The molecule has 0 aliphatic rings. The normalized spacial score (nSPS) is 11.8. The first-order valence-corrected chi connectivity index (χ1v) is 5.06. The van der Waals surface area contributed by atoms with E-state index in [0.717, 1.165) is 13.0 Å². The monoisotopic (exact) mass is 171 g/mol. The number of hydrogen-bond acceptors (Lipinski definition) is 1. The lowest BCUT2D eigenvalue weighted by molar-refractivity contribution is 0.411. The predicted octanol–water partition coefficient (Wildman–Crippen LogP) is 3.22. The van der Waals surface area contributed by atoms with Crippen LogP contribution in [0.25, 0.3) is 0 Å². The van der Waals surface area contributed by atoms with Crippen molar-refractivity contribution >= 4 is 0 Å². The fourth-order valence-corrected chi connectivity index (χ4v) is 1.03. The average Bonchev–Trinajstić information content (AvgIpc) is 2.08. The Balaban J connectivity index is 0. The molecule has 0 radical (unpaired) electrons. The summed E-state index contributed by atoms with van der Waals surface area (Å²) in [5.41, 5.74) is 0. The molecular formula is C11H25N. The Bertz CT molecular complexity index is 87.0. The Labute approximate surface area is 78.3 Å². The summed E-state index contributed by atoms with van der Waals surface area (Å²) in [6.45, 7) is 15.4. The molecule has 0 aliphatic carbocycles. The maximum atomic E-state index is 3.73. The summed E-state index contributed by atoms with van der Waals surface area (Å²) >= 11 is 0. The van der Waals surface area contributed by atoms with Crippen LogP contribution in [-0.2, 0) is 0 Å². The van der Waals surface area contributed by atoms with Crippen LogP contribution in [0.4, 0.5) is 0 Å². The van der Waals surface area contributed by atoms with Gasteiger partial charge in [-0.05, 0) is 18.9 Å².